The highest BCUT2D eigenvalue weighted by molar-refractivity contribution is 5.43. The molecule has 0 spiro atoms. The van der Waals surface area contributed by atoms with E-state index in [0.29, 0.717) is 29.1 Å². The van der Waals surface area contributed by atoms with Gasteiger partial charge in [0.2, 0.25) is 11.8 Å². The Morgan fingerprint density at radius 3 is 2.14 bits per heavy atom. The van der Waals surface area contributed by atoms with Gasteiger partial charge in [-0.3, -0.25) is 0 Å². The van der Waals surface area contributed by atoms with E-state index >= 15 is 0 Å². The van der Waals surface area contributed by atoms with Gasteiger partial charge in [0.15, 0.2) is 0 Å². The number of benzene rings is 1. The van der Waals surface area contributed by atoms with Crippen molar-refractivity contribution in [3.8, 4) is 23.1 Å². The molecule has 0 amide bonds. The van der Waals surface area contributed by atoms with Crippen molar-refractivity contribution in [3.05, 3.63) is 30.0 Å². The maximum absolute atomic E-state index is 5.78. The van der Waals surface area contributed by atoms with Gasteiger partial charge in [0, 0.05) is 36.5 Å². The van der Waals surface area contributed by atoms with Crippen LogP contribution in [0, 0.1) is 6.92 Å². The number of anilines is 1. The predicted molar refractivity (Wildman–Crippen MR) is 80.6 cm³/mol. The molecule has 0 saturated heterocycles. The molecule has 2 aromatic rings. The maximum Gasteiger partial charge on any atom is 0.226 e. The highest BCUT2D eigenvalue weighted by Crippen LogP contribution is 2.30. The smallest absolute Gasteiger partial charge is 0.226 e. The van der Waals surface area contributed by atoms with E-state index in [1.54, 1.807) is 38.5 Å². The Morgan fingerprint density at radius 2 is 1.57 bits per heavy atom. The number of nitrogens with one attached hydrogen (secondary N) is 1. The highest BCUT2D eigenvalue weighted by atomic mass is 16.5. The number of methoxy groups -OCH3 is 2. The zero-order valence-corrected chi connectivity index (χ0v) is 12.6. The molecule has 21 heavy (non-hydrogen) atoms. The summed E-state index contributed by atoms with van der Waals surface area (Å²) < 4.78 is 16.2. The van der Waals surface area contributed by atoms with E-state index in [1.165, 1.54) is 0 Å². The van der Waals surface area contributed by atoms with Crippen LogP contribution in [0.5, 0.6) is 23.1 Å². The highest BCUT2D eigenvalue weighted by Gasteiger charge is 2.07. The van der Waals surface area contributed by atoms with Crippen molar-refractivity contribution in [2.75, 3.05) is 26.1 Å². The Kier molecular flexibility index (Phi) is 4.81. The Morgan fingerprint density at radius 1 is 0.952 bits per heavy atom. The van der Waals surface area contributed by atoms with E-state index in [-0.39, 0.29) is 0 Å². The first-order valence-electron chi connectivity index (χ1n) is 6.65. The van der Waals surface area contributed by atoms with Crippen molar-refractivity contribution >= 4 is 5.95 Å². The van der Waals surface area contributed by atoms with Crippen molar-refractivity contribution in [1.29, 1.82) is 0 Å². The SMILES string of the molecule is CCNc1nc(C)cc(Oc2cc(OC)cc(OC)c2)n1. The third kappa shape index (κ3) is 3.98. The van der Waals surface area contributed by atoms with Crippen molar-refractivity contribution in [2.45, 2.75) is 13.8 Å². The lowest BCUT2D eigenvalue weighted by Gasteiger charge is -2.10. The normalized spacial score (nSPS) is 10.1. The fourth-order valence-electron chi connectivity index (χ4n) is 1.79. The lowest BCUT2D eigenvalue weighted by molar-refractivity contribution is 0.385. The Hall–Kier alpha value is -2.50. The molecule has 6 nitrogen and oxygen atoms in total. The third-order valence-electron chi connectivity index (χ3n) is 2.71. The molecule has 6 heteroatoms. The minimum absolute atomic E-state index is 0.466. The van der Waals surface area contributed by atoms with Gasteiger partial charge in [-0.25, -0.2) is 4.98 Å². The van der Waals surface area contributed by atoms with Gasteiger partial charge in [0.25, 0.3) is 0 Å². The number of hydrogen-bond acceptors (Lipinski definition) is 6. The van der Waals surface area contributed by atoms with E-state index in [0.717, 1.165) is 12.2 Å². The molecule has 0 aliphatic carbocycles. The van der Waals surface area contributed by atoms with Crippen molar-refractivity contribution in [3.63, 3.8) is 0 Å². The number of rotatable bonds is 6. The lowest BCUT2D eigenvalue weighted by Crippen LogP contribution is -2.04. The van der Waals surface area contributed by atoms with Crippen LogP contribution in [0.2, 0.25) is 0 Å². The van der Waals surface area contributed by atoms with Gasteiger partial charge >= 0.3 is 0 Å². The van der Waals surface area contributed by atoms with Crippen molar-refractivity contribution < 1.29 is 14.2 Å². The minimum atomic E-state index is 0.466. The van der Waals surface area contributed by atoms with Crippen LogP contribution >= 0.6 is 0 Å². The zero-order valence-electron chi connectivity index (χ0n) is 12.6. The van der Waals surface area contributed by atoms with Crippen molar-refractivity contribution in [1.82, 2.24) is 9.97 Å². The molecule has 2 rings (SSSR count). The summed E-state index contributed by atoms with van der Waals surface area (Å²) in [5.74, 6) is 2.91. The average Bonchev–Trinajstić information content (AvgIpc) is 2.46. The molecule has 0 radical (unpaired) electrons. The van der Waals surface area contributed by atoms with Crippen LogP contribution in [0.25, 0.3) is 0 Å². The Bertz CT molecular complexity index is 595. The minimum Gasteiger partial charge on any atom is -0.496 e. The first kappa shape index (κ1) is 14.9. The first-order valence-corrected chi connectivity index (χ1v) is 6.65. The molecule has 112 valence electrons. The lowest BCUT2D eigenvalue weighted by atomic mass is 10.3. The van der Waals surface area contributed by atoms with Gasteiger partial charge in [0.05, 0.1) is 14.2 Å². The van der Waals surface area contributed by atoms with Gasteiger partial charge in [-0.2, -0.15) is 4.98 Å². The standard InChI is InChI=1S/C15H19N3O3/c1-5-16-15-17-10(2)6-14(18-15)21-13-8-11(19-3)7-12(9-13)20-4/h6-9H,5H2,1-4H3,(H,16,17,18). The molecule has 0 aliphatic rings. The number of aryl methyl sites for hydroxylation is 1. The second kappa shape index (κ2) is 6.78. The summed E-state index contributed by atoms with van der Waals surface area (Å²) in [7, 11) is 3.19. The maximum atomic E-state index is 5.78. The summed E-state index contributed by atoms with van der Waals surface area (Å²) in [4.78, 5) is 8.58. The fraction of sp³-hybridized carbons (Fsp3) is 0.333. The summed E-state index contributed by atoms with van der Waals surface area (Å²) in [6.07, 6.45) is 0. The van der Waals surface area contributed by atoms with E-state index in [2.05, 4.69) is 15.3 Å². The molecule has 0 saturated carbocycles. The van der Waals surface area contributed by atoms with Gasteiger partial charge in [-0.15, -0.1) is 0 Å². The van der Waals surface area contributed by atoms with Crippen molar-refractivity contribution in [2.24, 2.45) is 0 Å². The van der Waals surface area contributed by atoms with Gasteiger partial charge < -0.3 is 19.5 Å². The summed E-state index contributed by atoms with van der Waals surface area (Å²) in [6, 6.07) is 7.09. The molecule has 1 N–H and O–H groups in total. The molecule has 1 heterocycles. The first-order chi connectivity index (χ1) is 10.1. The van der Waals surface area contributed by atoms with Gasteiger partial charge in [-0.1, -0.05) is 0 Å². The van der Waals surface area contributed by atoms with Crippen LogP contribution in [0.4, 0.5) is 5.95 Å². The average molecular weight is 289 g/mol. The van der Waals surface area contributed by atoms with E-state index in [9.17, 15) is 0 Å². The summed E-state index contributed by atoms with van der Waals surface area (Å²) in [5.41, 5.74) is 0.825. The van der Waals surface area contributed by atoms with Crippen LogP contribution in [0.15, 0.2) is 24.3 Å². The second-order valence-electron chi connectivity index (χ2n) is 4.35. The third-order valence-corrected chi connectivity index (χ3v) is 2.71. The topological polar surface area (TPSA) is 65.5 Å². The zero-order chi connectivity index (χ0) is 15.2. The summed E-state index contributed by atoms with van der Waals surface area (Å²) >= 11 is 0. The Balaban J connectivity index is 2.28. The molecule has 0 bridgehead atoms. The predicted octanol–water partition coefficient (Wildman–Crippen LogP) is 3.03. The molecule has 0 aliphatic heterocycles. The molecular weight excluding hydrogens is 270 g/mol. The monoisotopic (exact) mass is 289 g/mol. The largest absolute Gasteiger partial charge is 0.496 e. The van der Waals surface area contributed by atoms with Crippen LogP contribution in [0.1, 0.15) is 12.6 Å². The molecule has 0 atom stereocenters. The summed E-state index contributed by atoms with van der Waals surface area (Å²) in [6.45, 7) is 4.62. The number of aromatic nitrogens is 2. The van der Waals surface area contributed by atoms with Gasteiger partial charge in [-0.05, 0) is 13.8 Å². The van der Waals surface area contributed by atoms with Crippen LogP contribution in [-0.2, 0) is 0 Å². The molecule has 0 fully saturated rings. The molecule has 1 aromatic heterocycles. The molecule has 0 unspecified atom stereocenters. The summed E-state index contributed by atoms with van der Waals surface area (Å²) in [5, 5.41) is 3.07. The number of nitrogens with zero attached hydrogens (tertiary/aromatic N) is 2. The van der Waals surface area contributed by atoms with Gasteiger partial charge in [0.1, 0.15) is 17.2 Å². The fourth-order valence-corrected chi connectivity index (χ4v) is 1.79. The van der Waals surface area contributed by atoms with Crippen LogP contribution in [0.3, 0.4) is 0 Å². The van der Waals surface area contributed by atoms with E-state index < -0.39 is 0 Å². The quantitative estimate of drug-likeness (QED) is 0.881. The second-order valence-corrected chi connectivity index (χ2v) is 4.35. The van der Waals surface area contributed by atoms with E-state index in [1.807, 2.05) is 13.8 Å². The molecule has 1 aromatic carbocycles. The van der Waals surface area contributed by atoms with Crippen LogP contribution in [-0.4, -0.2) is 30.7 Å². The number of hydrogen-bond donors (Lipinski definition) is 1. The van der Waals surface area contributed by atoms with E-state index in [4.69, 9.17) is 14.2 Å². The number of ether oxygens (including phenoxy) is 3. The molecular formula is C15H19N3O3. The van der Waals surface area contributed by atoms with Crippen LogP contribution < -0.4 is 19.5 Å². The Labute approximate surface area is 124 Å².